The van der Waals surface area contributed by atoms with E-state index in [4.69, 9.17) is 0 Å². The minimum atomic E-state index is -4.79. The minimum absolute atomic E-state index is 0.258. The van der Waals surface area contributed by atoms with Gasteiger partial charge in [-0.1, -0.05) is 54.6 Å². The lowest BCUT2D eigenvalue weighted by atomic mass is 9.97. The lowest BCUT2D eigenvalue weighted by molar-refractivity contribution is -0.274. The third-order valence-electron chi connectivity index (χ3n) is 7.29. The molecule has 0 radical (unpaired) electrons. The number of nitrogens with zero attached hydrogens (tertiary/aromatic N) is 1. The van der Waals surface area contributed by atoms with E-state index in [2.05, 4.69) is 15.0 Å². The summed E-state index contributed by atoms with van der Waals surface area (Å²) >= 11 is 0. The first-order valence-electron chi connectivity index (χ1n) is 13.5. The Morgan fingerprint density at radius 1 is 0.976 bits per heavy atom. The predicted molar refractivity (Wildman–Crippen MR) is 154 cm³/mol. The average molecular weight is 575 g/mol. The van der Waals surface area contributed by atoms with Crippen LogP contribution in [0.25, 0.3) is 11.1 Å². The molecule has 2 N–H and O–H groups in total. The first kappa shape index (κ1) is 28.7. The molecule has 4 aromatic rings. The number of carboxylic acid groups (broad SMARTS) is 1. The number of carbonyl (C=O) groups is 2. The second-order valence-electron chi connectivity index (χ2n) is 10.2. The maximum atomic E-state index is 13.0. The van der Waals surface area contributed by atoms with Gasteiger partial charge in [0.25, 0.3) is 5.91 Å². The molecular weight excluding hydrogens is 545 g/mol. The lowest BCUT2D eigenvalue weighted by Gasteiger charge is -2.32. The number of hydrogen-bond donors (Lipinski definition) is 2. The van der Waals surface area contributed by atoms with Gasteiger partial charge in [-0.25, -0.2) is 4.79 Å². The summed E-state index contributed by atoms with van der Waals surface area (Å²) in [5.41, 5.74) is 5.90. The number of carbonyl (C=O) groups excluding carboxylic acids is 1. The third-order valence-corrected chi connectivity index (χ3v) is 7.29. The molecule has 1 atom stereocenters. The van der Waals surface area contributed by atoms with Crippen molar-refractivity contribution in [2.45, 2.75) is 38.7 Å². The van der Waals surface area contributed by atoms with Crippen molar-refractivity contribution < 1.29 is 32.6 Å². The van der Waals surface area contributed by atoms with Crippen LogP contribution in [-0.2, 0) is 13.0 Å². The number of hydrogen-bond acceptors (Lipinski definition) is 4. The molecule has 0 bridgehead atoms. The number of halogens is 3. The van der Waals surface area contributed by atoms with E-state index >= 15 is 0 Å². The molecule has 1 unspecified atom stereocenters. The number of amides is 1. The number of rotatable bonds is 8. The van der Waals surface area contributed by atoms with Crippen molar-refractivity contribution in [1.29, 1.82) is 0 Å². The second kappa shape index (κ2) is 12.0. The molecule has 0 spiro atoms. The van der Waals surface area contributed by atoms with Crippen molar-refractivity contribution in [2.75, 3.05) is 11.4 Å². The Balaban J connectivity index is 1.27. The quantitative estimate of drug-likeness (QED) is 0.229. The number of carboxylic acids is 1. The third kappa shape index (κ3) is 6.74. The molecule has 5 rings (SSSR count). The molecule has 216 valence electrons. The Kier molecular flexibility index (Phi) is 8.20. The first-order chi connectivity index (χ1) is 20.1. The number of fused-ring (bicyclic) bond motifs is 1. The summed E-state index contributed by atoms with van der Waals surface area (Å²) in [7, 11) is 0. The lowest BCUT2D eigenvalue weighted by Crippen LogP contribution is -2.30. The van der Waals surface area contributed by atoms with Gasteiger partial charge in [0, 0.05) is 24.3 Å². The van der Waals surface area contributed by atoms with Gasteiger partial charge in [0.2, 0.25) is 0 Å². The van der Waals surface area contributed by atoms with Crippen LogP contribution in [0.4, 0.5) is 18.9 Å². The zero-order chi connectivity index (χ0) is 29.9. The highest BCUT2D eigenvalue weighted by Gasteiger charge is 2.31. The van der Waals surface area contributed by atoms with Crippen LogP contribution in [0.3, 0.4) is 0 Å². The van der Waals surface area contributed by atoms with Crippen LogP contribution < -0.4 is 15.0 Å². The fraction of sp³-hybridized carbons (Fsp3) is 0.212. The smallest absolute Gasteiger partial charge is 0.478 e. The van der Waals surface area contributed by atoms with Gasteiger partial charge in [-0.05, 0) is 84.0 Å². The normalized spacial score (nSPS) is 13.7. The topological polar surface area (TPSA) is 78.9 Å². The molecule has 0 saturated carbocycles. The van der Waals surface area contributed by atoms with Crippen molar-refractivity contribution in [1.82, 2.24) is 5.32 Å². The molecule has 1 amide bonds. The number of benzene rings is 4. The van der Waals surface area contributed by atoms with Gasteiger partial charge in [-0.3, -0.25) is 4.79 Å². The van der Waals surface area contributed by atoms with E-state index in [0.29, 0.717) is 23.2 Å². The van der Waals surface area contributed by atoms with E-state index < -0.39 is 18.4 Å². The molecule has 42 heavy (non-hydrogen) atoms. The number of ether oxygens (including phenoxy) is 1. The van der Waals surface area contributed by atoms with Gasteiger partial charge in [-0.2, -0.15) is 0 Å². The van der Waals surface area contributed by atoms with Gasteiger partial charge in [-0.15, -0.1) is 13.2 Å². The van der Waals surface area contributed by atoms with Crippen LogP contribution in [0.1, 0.15) is 56.8 Å². The van der Waals surface area contributed by atoms with Gasteiger partial charge >= 0.3 is 12.3 Å². The standard InChI is InChI=1S/C33H29F3N2O4/c1-21(24-6-4-8-27(19-24)42-33(34,35)36)37-31(39)26-15-16-30-25(18-26)7-5-17-38(30)20-22-11-13-23(14-12-22)28-9-2-3-10-29(28)32(40)41/h2-4,6,8-16,18-19,21H,5,7,17,20H2,1H3,(H,37,39)(H,40,41). The summed E-state index contributed by atoms with van der Waals surface area (Å²) in [4.78, 5) is 26.9. The maximum absolute atomic E-state index is 13.0. The fourth-order valence-electron chi connectivity index (χ4n) is 5.26. The van der Waals surface area contributed by atoms with Crippen LogP contribution in [0.2, 0.25) is 0 Å². The summed E-state index contributed by atoms with van der Waals surface area (Å²) in [6, 6.07) is 25.4. The molecule has 1 heterocycles. The monoisotopic (exact) mass is 574 g/mol. The molecule has 4 aromatic carbocycles. The van der Waals surface area contributed by atoms with Gasteiger partial charge in [0.1, 0.15) is 5.75 Å². The zero-order valence-electron chi connectivity index (χ0n) is 22.8. The summed E-state index contributed by atoms with van der Waals surface area (Å²) in [5, 5.41) is 12.4. The summed E-state index contributed by atoms with van der Waals surface area (Å²) in [6.45, 7) is 3.22. The Hall–Kier alpha value is -4.79. The number of nitrogens with one attached hydrogen (secondary N) is 1. The van der Waals surface area contributed by atoms with E-state index in [0.717, 1.165) is 41.8 Å². The largest absolute Gasteiger partial charge is 0.573 e. The summed E-state index contributed by atoms with van der Waals surface area (Å²) in [5.74, 6) is -1.62. The number of aryl methyl sites for hydroxylation is 1. The first-order valence-corrected chi connectivity index (χ1v) is 13.5. The van der Waals surface area contributed by atoms with Gasteiger partial charge < -0.3 is 20.1 Å². The highest BCUT2D eigenvalue weighted by Crippen LogP contribution is 2.31. The maximum Gasteiger partial charge on any atom is 0.573 e. The zero-order valence-corrected chi connectivity index (χ0v) is 22.8. The highest BCUT2D eigenvalue weighted by molar-refractivity contribution is 5.96. The molecule has 6 nitrogen and oxygen atoms in total. The van der Waals surface area contributed by atoms with E-state index in [1.54, 1.807) is 37.3 Å². The number of aromatic carboxylic acids is 1. The molecule has 0 fully saturated rings. The Morgan fingerprint density at radius 3 is 2.48 bits per heavy atom. The van der Waals surface area contributed by atoms with E-state index in [1.165, 1.54) is 18.2 Å². The molecule has 0 saturated heterocycles. The Bertz CT molecular complexity index is 1600. The minimum Gasteiger partial charge on any atom is -0.478 e. The highest BCUT2D eigenvalue weighted by atomic mass is 19.4. The van der Waals surface area contributed by atoms with E-state index in [9.17, 15) is 27.9 Å². The van der Waals surface area contributed by atoms with E-state index in [-0.39, 0.29) is 17.2 Å². The molecule has 9 heteroatoms. The molecule has 1 aliphatic heterocycles. The molecular formula is C33H29F3N2O4. The van der Waals surface area contributed by atoms with Gasteiger partial charge in [0.15, 0.2) is 0 Å². The average Bonchev–Trinajstić information content (AvgIpc) is 2.96. The molecule has 0 aromatic heterocycles. The molecule has 0 aliphatic carbocycles. The van der Waals surface area contributed by atoms with Crippen molar-refractivity contribution in [3.8, 4) is 16.9 Å². The van der Waals surface area contributed by atoms with Crippen LogP contribution in [-0.4, -0.2) is 29.9 Å². The van der Waals surface area contributed by atoms with Crippen LogP contribution in [0.5, 0.6) is 5.75 Å². The van der Waals surface area contributed by atoms with Crippen LogP contribution >= 0.6 is 0 Å². The van der Waals surface area contributed by atoms with Gasteiger partial charge in [0.05, 0.1) is 11.6 Å². The molecule has 1 aliphatic rings. The Labute approximate surface area is 241 Å². The SMILES string of the molecule is CC(NC(=O)c1ccc2c(c1)CCCN2Cc1ccc(-c2ccccc2C(=O)O)cc1)c1cccc(OC(F)(F)F)c1. The second-order valence-corrected chi connectivity index (χ2v) is 10.2. The van der Waals surface area contributed by atoms with E-state index in [1.807, 2.05) is 42.5 Å². The van der Waals surface area contributed by atoms with Crippen molar-refractivity contribution in [3.63, 3.8) is 0 Å². The predicted octanol–water partition coefficient (Wildman–Crippen LogP) is 7.39. The van der Waals surface area contributed by atoms with Crippen molar-refractivity contribution >= 4 is 17.6 Å². The van der Waals surface area contributed by atoms with Crippen molar-refractivity contribution in [2.24, 2.45) is 0 Å². The summed E-state index contributed by atoms with van der Waals surface area (Å²) in [6.07, 6.45) is -3.05. The summed E-state index contributed by atoms with van der Waals surface area (Å²) < 4.78 is 41.8. The van der Waals surface area contributed by atoms with Crippen LogP contribution in [0.15, 0.2) is 91.0 Å². The fourth-order valence-corrected chi connectivity index (χ4v) is 5.26. The number of alkyl halides is 3. The van der Waals surface area contributed by atoms with Crippen molar-refractivity contribution in [3.05, 3.63) is 119 Å². The number of anilines is 1. The van der Waals surface area contributed by atoms with Crippen LogP contribution in [0, 0.1) is 0 Å². The Morgan fingerprint density at radius 2 is 1.74 bits per heavy atom.